The van der Waals surface area contributed by atoms with E-state index >= 15 is 0 Å². The fourth-order valence-corrected chi connectivity index (χ4v) is 1.35. The Bertz CT molecular complexity index is 347. The minimum atomic E-state index is 0.429. The van der Waals surface area contributed by atoms with Gasteiger partial charge in [-0.05, 0) is 17.2 Å². The second-order valence-electron chi connectivity index (χ2n) is 2.79. The first-order valence-electron chi connectivity index (χ1n) is 4.03. The monoisotopic (exact) mass is 175 g/mol. The van der Waals surface area contributed by atoms with Crippen molar-refractivity contribution in [2.75, 3.05) is 0 Å². The van der Waals surface area contributed by atoms with Gasteiger partial charge in [0.05, 0.1) is 6.54 Å². The number of rotatable bonds is 2. The van der Waals surface area contributed by atoms with Crippen molar-refractivity contribution in [1.82, 2.24) is 5.06 Å². The van der Waals surface area contributed by atoms with Crippen LogP contribution in [0.25, 0.3) is 6.08 Å². The topological polar surface area (TPSA) is 29.5 Å². The van der Waals surface area contributed by atoms with E-state index in [2.05, 4.69) is 0 Å². The van der Waals surface area contributed by atoms with Crippen LogP contribution in [0.15, 0.2) is 30.5 Å². The van der Waals surface area contributed by atoms with Crippen molar-refractivity contribution in [3.8, 4) is 0 Å². The van der Waals surface area contributed by atoms with Gasteiger partial charge in [0.1, 0.15) is 0 Å². The largest absolute Gasteiger partial charge is 0.344 e. The Morgan fingerprint density at radius 3 is 3.08 bits per heavy atom. The Hall–Kier alpha value is -1.77. The van der Waals surface area contributed by atoms with Gasteiger partial charge in [0, 0.05) is 6.20 Å². The van der Waals surface area contributed by atoms with Gasteiger partial charge in [-0.2, -0.15) is 0 Å². The Balaban J connectivity index is 2.23. The molecule has 0 radical (unpaired) electrons. The zero-order valence-electron chi connectivity index (χ0n) is 7.01. The molecule has 3 nitrogen and oxygen atoms in total. The zero-order chi connectivity index (χ0) is 9.10. The molecule has 0 bridgehead atoms. The van der Waals surface area contributed by atoms with Crippen molar-refractivity contribution < 1.29 is 9.63 Å². The molecule has 0 amide bonds. The number of hydroxylamine groups is 2. The Labute approximate surface area is 76.2 Å². The summed E-state index contributed by atoms with van der Waals surface area (Å²) in [6.45, 7) is 1.05. The number of hydrogen-bond acceptors (Lipinski definition) is 3. The summed E-state index contributed by atoms with van der Waals surface area (Å²) in [6.07, 6.45) is 3.67. The van der Waals surface area contributed by atoms with Crippen LogP contribution in [0.3, 0.4) is 0 Å². The third-order valence-electron chi connectivity index (χ3n) is 1.98. The molecule has 2 rings (SSSR count). The number of nitrogens with zero attached hydrogens (tertiary/aromatic N) is 1. The normalized spacial score (nSPS) is 13.7. The zero-order valence-corrected chi connectivity index (χ0v) is 7.01. The number of benzene rings is 1. The van der Waals surface area contributed by atoms with Gasteiger partial charge in [-0.3, -0.25) is 4.79 Å². The van der Waals surface area contributed by atoms with Gasteiger partial charge in [0.2, 0.25) is 0 Å². The van der Waals surface area contributed by atoms with E-state index in [4.69, 9.17) is 4.84 Å². The molecule has 0 saturated carbocycles. The average Bonchev–Trinajstić information content (AvgIpc) is 2.18. The van der Waals surface area contributed by atoms with Crippen molar-refractivity contribution in [3.05, 3.63) is 41.6 Å². The predicted molar refractivity (Wildman–Crippen MR) is 48.2 cm³/mol. The van der Waals surface area contributed by atoms with Crippen LogP contribution in [0.4, 0.5) is 0 Å². The maximum absolute atomic E-state index is 10.1. The van der Waals surface area contributed by atoms with Crippen LogP contribution < -0.4 is 0 Å². The molecule has 1 aliphatic heterocycles. The van der Waals surface area contributed by atoms with Crippen LogP contribution in [0, 0.1) is 0 Å². The van der Waals surface area contributed by atoms with Gasteiger partial charge < -0.3 is 4.84 Å². The maximum Gasteiger partial charge on any atom is 0.320 e. The summed E-state index contributed by atoms with van der Waals surface area (Å²) in [5.41, 5.74) is 2.33. The van der Waals surface area contributed by atoms with Crippen molar-refractivity contribution in [2.45, 2.75) is 6.54 Å². The lowest BCUT2D eigenvalue weighted by atomic mass is 10.1. The van der Waals surface area contributed by atoms with E-state index in [0.717, 1.165) is 5.56 Å². The van der Waals surface area contributed by atoms with Gasteiger partial charge in [0.25, 0.3) is 0 Å². The van der Waals surface area contributed by atoms with E-state index in [0.29, 0.717) is 13.0 Å². The number of carbonyl (C=O) groups excluding carboxylic acids is 1. The fourth-order valence-electron chi connectivity index (χ4n) is 1.35. The summed E-state index contributed by atoms with van der Waals surface area (Å²) in [5.74, 6) is 0. The molecule has 0 aromatic heterocycles. The third kappa shape index (κ3) is 1.54. The molecule has 0 N–H and O–H groups in total. The summed E-state index contributed by atoms with van der Waals surface area (Å²) in [4.78, 5) is 14.8. The molecule has 66 valence electrons. The summed E-state index contributed by atoms with van der Waals surface area (Å²) in [7, 11) is 0. The second kappa shape index (κ2) is 3.31. The van der Waals surface area contributed by atoms with Gasteiger partial charge >= 0.3 is 6.47 Å². The molecule has 1 aromatic rings. The maximum atomic E-state index is 10.1. The van der Waals surface area contributed by atoms with E-state index in [9.17, 15) is 4.79 Å². The Morgan fingerprint density at radius 1 is 1.38 bits per heavy atom. The van der Waals surface area contributed by atoms with Gasteiger partial charge in [-0.25, -0.2) is 5.06 Å². The summed E-state index contributed by atoms with van der Waals surface area (Å²) >= 11 is 0. The lowest BCUT2D eigenvalue weighted by Gasteiger charge is -2.21. The van der Waals surface area contributed by atoms with Crippen molar-refractivity contribution in [1.29, 1.82) is 0 Å². The van der Waals surface area contributed by atoms with Gasteiger partial charge in [-0.1, -0.05) is 24.3 Å². The first-order valence-corrected chi connectivity index (χ1v) is 4.03. The molecular weight excluding hydrogens is 166 g/mol. The first-order chi connectivity index (χ1) is 6.40. The highest BCUT2D eigenvalue weighted by Crippen LogP contribution is 2.18. The van der Waals surface area contributed by atoms with E-state index in [1.165, 1.54) is 10.6 Å². The SMILES string of the molecule is O=CON1C=Cc2ccccc2C1. The van der Waals surface area contributed by atoms with E-state index < -0.39 is 0 Å². The smallest absolute Gasteiger partial charge is 0.320 e. The average molecular weight is 175 g/mol. The van der Waals surface area contributed by atoms with Gasteiger partial charge in [-0.15, -0.1) is 0 Å². The molecule has 0 fully saturated rings. The molecule has 0 saturated heterocycles. The van der Waals surface area contributed by atoms with Crippen LogP contribution in [-0.4, -0.2) is 11.5 Å². The van der Waals surface area contributed by atoms with Crippen LogP contribution in [0.1, 0.15) is 11.1 Å². The van der Waals surface area contributed by atoms with Crippen molar-refractivity contribution in [3.63, 3.8) is 0 Å². The molecule has 13 heavy (non-hydrogen) atoms. The molecule has 0 aliphatic carbocycles. The molecule has 0 atom stereocenters. The van der Waals surface area contributed by atoms with Crippen molar-refractivity contribution >= 4 is 12.5 Å². The number of fused-ring (bicyclic) bond motifs is 1. The highest BCUT2D eigenvalue weighted by molar-refractivity contribution is 5.55. The molecular formula is C10H9NO2. The van der Waals surface area contributed by atoms with Crippen LogP contribution in [0.5, 0.6) is 0 Å². The van der Waals surface area contributed by atoms with Crippen LogP contribution >= 0.6 is 0 Å². The molecule has 1 aliphatic rings. The Morgan fingerprint density at radius 2 is 2.23 bits per heavy atom. The predicted octanol–water partition coefficient (Wildman–Crippen LogP) is 1.56. The molecule has 0 unspecified atom stereocenters. The summed E-state index contributed by atoms with van der Waals surface area (Å²) in [6, 6.07) is 8.00. The first kappa shape index (κ1) is 7.86. The lowest BCUT2D eigenvalue weighted by molar-refractivity contribution is -0.163. The summed E-state index contributed by atoms with van der Waals surface area (Å²) in [5, 5.41) is 1.50. The molecule has 1 aromatic carbocycles. The van der Waals surface area contributed by atoms with Gasteiger partial charge in [0.15, 0.2) is 0 Å². The Kier molecular flexibility index (Phi) is 2.00. The minimum absolute atomic E-state index is 0.429. The lowest BCUT2D eigenvalue weighted by Crippen LogP contribution is -2.19. The molecule has 3 heteroatoms. The van der Waals surface area contributed by atoms with E-state index in [-0.39, 0.29) is 0 Å². The standard InChI is InChI=1S/C10H9NO2/c12-8-13-11-6-5-9-3-1-2-4-10(9)7-11/h1-6,8H,7H2. The fraction of sp³-hybridized carbons (Fsp3) is 0.100. The van der Waals surface area contributed by atoms with E-state index in [1.807, 2.05) is 30.3 Å². The molecule has 0 spiro atoms. The number of hydrogen-bond donors (Lipinski definition) is 0. The highest BCUT2D eigenvalue weighted by atomic mass is 16.7. The molecule has 1 heterocycles. The quantitative estimate of drug-likeness (QED) is 0.639. The minimum Gasteiger partial charge on any atom is -0.344 e. The third-order valence-corrected chi connectivity index (χ3v) is 1.98. The van der Waals surface area contributed by atoms with Crippen molar-refractivity contribution in [2.24, 2.45) is 0 Å². The number of carbonyl (C=O) groups is 1. The van der Waals surface area contributed by atoms with Crippen LogP contribution in [0.2, 0.25) is 0 Å². The summed E-state index contributed by atoms with van der Waals surface area (Å²) < 4.78 is 0. The van der Waals surface area contributed by atoms with E-state index in [1.54, 1.807) is 6.20 Å². The highest BCUT2D eigenvalue weighted by Gasteiger charge is 2.09. The van der Waals surface area contributed by atoms with Crippen LogP contribution in [-0.2, 0) is 16.2 Å². The second-order valence-corrected chi connectivity index (χ2v) is 2.79.